The highest BCUT2D eigenvalue weighted by molar-refractivity contribution is 7.91. The van der Waals surface area contributed by atoms with Crippen LogP contribution in [0.4, 0.5) is 0 Å². The van der Waals surface area contributed by atoms with E-state index >= 15 is 0 Å². The Labute approximate surface area is 184 Å². The molecule has 0 bridgehead atoms. The predicted octanol–water partition coefficient (Wildman–Crippen LogP) is 2.18. The van der Waals surface area contributed by atoms with Crippen molar-refractivity contribution in [3.63, 3.8) is 0 Å². The van der Waals surface area contributed by atoms with Crippen LogP contribution in [0, 0.1) is 0 Å². The van der Waals surface area contributed by atoms with Gasteiger partial charge in [-0.1, -0.05) is 24.3 Å². The number of sulfonamides is 1. The normalized spacial score (nSPS) is 17.0. The number of hydrogen-bond acceptors (Lipinski definition) is 7. The van der Waals surface area contributed by atoms with Crippen LogP contribution in [0.2, 0.25) is 0 Å². The van der Waals surface area contributed by atoms with Gasteiger partial charge in [0, 0.05) is 19.3 Å². The average molecular weight is 456 g/mol. The molecular weight excluding hydrogens is 434 g/mol. The Morgan fingerprint density at radius 3 is 2.87 bits per heavy atom. The van der Waals surface area contributed by atoms with Gasteiger partial charge in [-0.25, -0.2) is 8.42 Å². The van der Waals surface area contributed by atoms with Gasteiger partial charge in [0.05, 0.1) is 16.8 Å². The molecule has 3 heterocycles. The van der Waals surface area contributed by atoms with Crippen molar-refractivity contribution in [1.82, 2.24) is 14.6 Å². The van der Waals surface area contributed by atoms with Crippen molar-refractivity contribution in [2.45, 2.75) is 23.2 Å². The Bertz CT molecular complexity index is 1210. The lowest BCUT2D eigenvalue weighted by atomic mass is 10.1. The van der Waals surface area contributed by atoms with Gasteiger partial charge in [-0.3, -0.25) is 9.78 Å². The average Bonchev–Trinajstić information content (AvgIpc) is 3.39. The van der Waals surface area contributed by atoms with Crippen molar-refractivity contribution in [3.05, 3.63) is 71.9 Å². The Morgan fingerprint density at radius 2 is 2.10 bits per heavy atom. The van der Waals surface area contributed by atoms with Gasteiger partial charge in [0.15, 0.2) is 0 Å². The lowest BCUT2D eigenvalue weighted by Gasteiger charge is -2.17. The SMILES string of the molecule is NN=Cc1cccc(CN2CC[C@H](NS(=O)(=O)c3ccc(-c4ccccn4)s3)C2=O)c1. The zero-order valence-corrected chi connectivity index (χ0v) is 18.1. The number of amides is 1. The summed E-state index contributed by atoms with van der Waals surface area (Å²) in [4.78, 5) is 19.5. The van der Waals surface area contributed by atoms with Crippen LogP contribution in [0.1, 0.15) is 17.5 Å². The monoisotopic (exact) mass is 455 g/mol. The zero-order valence-electron chi connectivity index (χ0n) is 16.5. The molecule has 0 spiro atoms. The first-order valence-electron chi connectivity index (χ1n) is 9.61. The number of rotatable bonds is 7. The van der Waals surface area contributed by atoms with Gasteiger partial charge in [0.2, 0.25) is 5.91 Å². The molecule has 1 fully saturated rings. The van der Waals surface area contributed by atoms with Crippen molar-refractivity contribution in [3.8, 4) is 10.6 Å². The maximum atomic E-state index is 12.8. The lowest BCUT2D eigenvalue weighted by Crippen LogP contribution is -2.41. The van der Waals surface area contributed by atoms with Crippen LogP contribution in [-0.2, 0) is 21.4 Å². The molecule has 4 rings (SSSR count). The summed E-state index contributed by atoms with van der Waals surface area (Å²) in [5.41, 5.74) is 2.47. The van der Waals surface area contributed by atoms with Gasteiger partial charge < -0.3 is 10.7 Å². The van der Waals surface area contributed by atoms with Gasteiger partial charge in [-0.05, 0) is 47.9 Å². The molecule has 0 radical (unpaired) electrons. The molecule has 0 saturated carbocycles. The highest BCUT2D eigenvalue weighted by Crippen LogP contribution is 2.30. The molecule has 1 aliphatic rings. The maximum Gasteiger partial charge on any atom is 0.250 e. The summed E-state index contributed by atoms with van der Waals surface area (Å²) in [5.74, 6) is 4.96. The van der Waals surface area contributed by atoms with E-state index in [0.29, 0.717) is 25.2 Å². The summed E-state index contributed by atoms with van der Waals surface area (Å²) in [6.45, 7) is 0.872. The van der Waals surface area contributed by atoms with Gasteiger partial charge in [0.25, 0.3) is 10.0 Å². The van der Waals surface area contributed by atoms with Crippen molar-refractivity contribution < 1.29 is 13.2 Å². The number of carbonyl (C=O) groups is 1. The number of benzene rings is 1. The van der Waals surface area contributed by atoms with Gasteiger partial charge in [0.1, 0.15) is 10.3 Å². The van der Waals surface area contributed by atoms with E-state index in [0.717, 1.165) is 27.3 Å². The highest BCUT2D eigenvalue weighted by atomic mass is 32.2. The fraction of sp³-hybridized carbons (Fsp3) is 0.190. The molecular formula is C21H21N5O3S2. The van der Waals surface area contributed by atoms with Crippen LogP contribution >= 0.6 is 11.3 Å². The van der Waals surface area contributed by atoms with Crippen LogP contribution in [0.15, 0.2) is 70.1 Å². The second-order valence-electron chi connectivity index (χ2n) is 7.08. The Balaban J connectivity index is 1.43. The number of carbonyl (C=O) groups excluding carboxylic acids is 1. The number of pyridine rings is 1. The molecule has 10 heteroatoms. The van der Waals surface area contributed by atoms with Crippen molar-refractivity contribution in [2.75, 3.05) is 6.54 Å². The molecule has 0 aliphatic carbocycles. The Kier molecular flexibility index (Phi) is 6.12. The minimum Gasteiger partial charge on any atom is -0.337 e. The molecule has 160 valence electrons. The van der Waals surface area contributed by atoms with E-state index in [4.69, 9.17) is 5.84 Å². The summed E-state index contributed by atoms with van der Waals surface area (Å²) in [6, 6.07) is 15.5. The van der Waals surface area contributed by atoms with E-state index in [2.05, 4.69) is 14.8 Å². The largest absolute Gasteiger partial charge is 0.337 e. The number of aromatic nitrogens is 1. The van der Waals surface area contributed by atoms with Gasteiger partial charge >= 0.3 is 0 Å². The molecule has 1 atom stereocenters. The predicted molar refractivity (Wildman–Crippen MR) is 120 cm³/mol. The quantitative estimate of drug-likeness (QED) is 0.322. The number of nitrogens with two attached hydrogens (primary N) is 1. The molecule has 1 saturated heterocycles. The smallest absolute Gasteiger partial charge is 0.250 e. The molecule has 8 nitrogen and oxygen atoms in total. The van der Waals surface area contributed by atoms with E-state index in [1.807, 2.05) is 36.4 Å². The Hall–Kier alpha value is -3.08. The third-order valence-corrected chi connectivity index (χ3v) is 7.98. The number of hydrogen-bond donors (Lipinski definition) is 2. The summed E-state index contributed by atoms with van der Waals surface area (Å²) in [6.07, 6.45) is 3.61. The number of nitrogens with one attached hydrogen (secondary N) is 1. The van der Waals surface area contributed by atoms with Gasteiger partial charge in [-0.2, -0.15) is 9.82 Å². The fourth-order valence-electron chi connectivity index (χ4n) is 3.44. The minimum absolute atomic E-state index is 0.160. The minimum atomic E-state index is -3.81. The first-order valence-corrected chi connectivity index (χ1v) is 11.9. The summed E-state index contributed by atoms with van der Waals surface area (Å²) in [5, 5.41) is 3.51. The van der Waals surface area contributed by atoms with E-state index in [9.17, 15) is 13.2 Å². The van der Waals surface area contributed by atoms with E-state index < -0.39 is 16.1 Å². The number of likely N-dealkylation sites (tertiary alicyclic amines) is 1. The second-order valence-corrected chi connectivity index (χ2v) is 10.1. The van der Waals surface area contributed by atoms with E-state index in [1.54, 1.807) is 29.3 Å². The van der Waals surface area contributed by atoms with E-state index in [-0.39, 0.29) is 10.1 Å². The zero-order chi connectivity index (χ0) is 21.8. The fourth-order valence-corrected chi connectivity index (χ4v) is 5.96. The molecule has 3 N–H and O–H groups in total. The van der Waals surface area contributed by atoms with Crippen LogP contribution in [0.5, 0.6) is 0 Å². The van der Waals surface area contributed by atoms with E-state index in [1.165, 1.54) is 6.21 Å². The molecule has 1 amide bonds. The molecule has 1 aromatic carbocycles. The summed E-state index contributed by atoms with van der Waals surface area (Å²) >= 11 is 1.13. The molecule has 1 aliphatic heterocycles. The third kappa shape index (κ3) is 4.82. The first kappa shape index (κ1) is 21.2. The summed E-state index contributed by atoms with van der Waals surface area (Å²) < 4.78 is 28.4. The number of thiophene rings is 1. The van der Waals surface area contributed by atoms with Crippen LogP contribution in [0.3, 0.4) is 0 Å². The topological polar surface area (TPSA) is 118 Å². The molecule has 0 unspecified atom stereocenters. The maximum absolute atomic E-state index is 12.8. The van der Waals surface area contributed by atoms with Crippen molar-refractivity contribution in [2.24, 2.45) is 10.9 Å². The molecule has 3 aromatic rings. The first-order chi connectivity index (χ1) is 15.0. The standard InChI is InChI=1S/C21H21N5O3S2/c22-24-13-15-4-3-5-16(12-15)14-26-11-9-18(21(26)27)25-31(28,29)20-8-7-19(30-20)17-6-1-2-10-23-17/h1-8,10,12-13,18,25H,9,11,14,22H2/t18-/m0/s1. The number of nitrogens with zero attached hydrogens (tertiary/aromatic N) is 3. The number of hydrazone groups is 1. The van der Waals surface area contributed by atoms with Gasteiger partial charge in [-0.15, -0.1) is 11.3 Å². The lowest BCUT2D eigenvalue weighted by molar-refractivity contribution is -0.129. The Morgan fingerprint density at radius 1 is 1.23 bits per heavy atom. The van der Waals surface area contributed by atoms with Crippen LogP contribution in [0.25, 0.3) is 10.6 Å². The van der Waals surface area contributed by atoms with Crippen LogP contribution in [-0.4, -0.2) is 43.0 Å². The van der Waals surface area contributed by atoms with Crippen molar-refractivity contribution >= 4 is 33.5 Å². The highest BCUT2D eigenvalue weighted by Gasteiger charge is 2.35. The molecule has 31 heavy (non-hydrogen) atoms. The molecule has 2 aromatic heterocycles. The summed E-state index contributed by atoms with van der Waals surface area (Å²) in [7, 11) is -3.81. The third-order valence-electron chi connectivity index (χ3n) is 4.91. The van der Waals surface area contributed by atoms with Crippen molar-refractivity contribution in [1.29, 1.82) is 0 Å². The second kappa shape index (κ2) is 8.96. The van der Waals surface area contributed by atoms with Crippen LogP contribution < -0.4 is 10.6 Å².